The second-order valence-corrected chi connectivity index (χ2v) is 7.55. The Kier molecular flexibility index (Phi) is 4.45. The molecule has 2 aliphatic heterocycles. The number of amides is 1. The van der Waals surface area contributed by atoms with Crippen LogP contribution in [-0.2, 0) is 14.8 Å². The van der Waals surface area contributed by atoms with Gasteiger partial charge in [0.25, 0.3) is 0 Å². The molecule has 2 heterocycles. The van der Waals surface area contributed by atoms with Gasteiger partial charge in [-0.2, -0.15) is 4.31 Å². The Morgan fingerprint density at radius 3 is 2.65 bits per heavy atom. The first-order valence-electron chi connectivity index (χ1n) is 7.70. The smallest absolute Gasteiger partial charge is 0.243 e. The summed E-state index contributed by atoms with van der Waals surface area (Å²) in [5.41, 5.74) is 0. The molecule has 0 aliphatic carbocycles. The molecule has 0 aromatic heterocycles. The predicted molar refractivity (Wildman–Crippen MR) is 82.8 cm³/mol. The van der Waals surface area contributed by atoms with E-state index < -0.39 is 10.0 Å². The van der Waals surface area contributed by atoms with Crippen molar-refractivity contribution in [2.24, 2.45) is 0 Å². The Hall–Kier alpha value is -1.80. The minimum Gasteiger partial charge on any atom is -0.454 e. The number of hydrogen-bond acceptors (Lipinski definition) is 5. The van der Waals surface area contributed by atoms with Crippen LogP contribution in [0.4, 0.5) is 0 Å². The summed E-state index contributed by atoms with van der Waals surface area (Å²) < 4.78 is 37.3. The number of rotatable bonds is 4. The molecule has 0 spiro atoms. The number of piperidine rings is 1. The number of carbonyl (C=O) groups is 1. The lowest BCUT2D eigenvalue weighted by molar-refractivity contribution is -0.121. The third-order valence-corrected chi connectivity index (χ3v) is 6.02. The molecule has 1 amide bonds. The average molecular weight is 340 g/mol. The van der Waals surface area contributed by atoms with Gasteiger partial charge in [-0.25, -0.2) is 8.42 Å². The molecule has 1 aromatic carbocycles. The highest BCUT2D eigenvalue weighted by molar-refractivity contribution is 7.89. The van der Waals surface area contributed by atoms with Crippen LogP contribution in [0.3, 0.4) is 0 Å². The summed E-state index contributed by atoms with van der Waals surface area (Å²) in [6.45, 7) is 2.70. The van der Waals surface area contributed by atoms with Crippen LogP contribution in [0.2, 0.25) is 0 Å². The van der Waals surface area contributed by atoms with Crippen molar-refractivity contribution in [2.45, 2.75) is 37.1 Å². The van der Waals surface area contributed by atoms with Crippen LogP contribution in [0, 0.1) is 0 Å². The topological polar surface area (TPSA) is 84.9 Å². The van der Waals surface area contributed by atoms with Gasteiger partial charge in [0, 0.05) is 31.6 Å². The number of carbonyl (C=O) groups excluding carboxylic acids is 1. The molecule has 1 aromatic rings. The molecule has 126 valence electrons. The first-order chi connectivity index (χ1) is 11.0. The van der Waals surface area contributed by atoms with E-state index in [1.54, 1.807) is 13.0 Å². The van der Waals surface area contributed by atoms with Crippen molar-refractivity contribution in [1.29, 1.82) is 0 Å². The van der Waals surface area contributed by atoms with E-state index in [0.717, 1.165) is 0 Å². The van der Waals surface area contributed by atoms with Crippen molar-refractivity contribution in [3.05, 3.63) is 18.2 Å². The van der Waals surface area contributed by atoms with Gasteiger partial charge in [-0.05, 0) is 25.0 Å². The fourth-order valence-electron chi connectivity index (χ4n) is 2.76. The Morgan fingerprint density at radius 2 is 1.96 bits per heavy atom. The van der Waals surface area contributed by atoms with Gasteiger partial charge in [0.2, 0.25) is 22.7 Å². The van der Waals surface area contributed by atoms with Gasteiger partial charge in [-0.1, -0.05) is 6.92 Å². The van der Waals surface area contributed by atoms with Crippen LogP contribution in [0.25, 0.3) is 0 Å². The molecule has 23 heavy (non-hydrogen) atoms. The minimum atomic E-state index is -3.56. The number of benzene rings is 1. The highest BCUT2D eigenvalue weighted by Gasteiger charge is 2.31. The van der Waals surface area contributed by atoms with Crippen molar-refractivity contribution in [3.8, 4) is 11.5 Å². The number of sulfonamides is 1. The summed E-state index contributed by atoms with van der Waals surface area (Å²) in [5.74, 6) is 1.02. The molecule has 1 fully saturated rings. The molecule has 7 nitrogen and oxygen atoms in total. The van der Waals surface area contributed by atoms with Crippen LogP contribution in [0.1, 0.15) is 26.2 Å². The largest absolute Gasteiger partial charge is 0.454 e. The Bertz CT molecular complexity index is 696. The van der Waals surface area contributed by atoms with Crippen LogP contribution in [-0.4, -0.2) is 44.6 Å². The Morgan fingerprint density at radius 1 is 1.26 bits per heavy atom. The fourth-order valence-corrected chi connectivity index (χ4v) is 4.24. The van der Waals surface area contributed by atoms with Gasteiger partial charge in [-0.15, -0.1) is 0 Å². The lowest BCUT2D eigenvalue weighted by Crippen LogP contribution is -2.46. The van der Waals surface area contributed by atoms with Crippen LogP contribution in [0.15, 0.2) is 23.1 Å². The number of fused-ring (bicyclic) bond motifs is 1. The van der Waals surface area contributed by atoms with Gasteiger partial charge in [0.15, 0.2) is 11.5 Å². The van der Waals surface area contributed by atoms with Gasteiger partial charge < -0.3 is 14.8 Å². The monoisotopic (exact) mass is 340 g/mol. The first-order valence-corrected chi connectivity index (χ1v) is 9.14. The van der Waals surface area contributed by atoms with Crippen molar-refractivity contribution in [3.63, 3.8) is 0 Å². The zero-order valence-corrected chi connectivity index (χ0v) is 13.8. The van der Waals surface area contributed by atoms with Crippen molar-refractivity contribution in [2.75, 3.05) is 19.9 Å². The maximum absolute atomic E-state index is 12.7. The summed E-state index contributed by atoms with van der Waals surface area (Å²) in [6, 6.07) is 4.70. The SMILES string of the molecule is CCC(=O)NC1CCN(S(=O)(=O)c2ccc3c(c2)OCO3)CC1. The van der Waals surface area contributed by atoms with Gasteiger partial charge in [0.05, 0.1) is 4.90 Å². The highest BCUT2D eigenvalue weighted by Crippen LogP contribution is 2.35. The van der Waals surface area contributed by atoms with E-state index in [1.165, 1.54) is 16.4 Å². The molecule has 0 bridgehead atoms. The second kappa shape index (κ2) is 6.37. The average Bonchev–Trinajstić information content (AvgIpc) is 3.02. The van der Waals surface area contributed by atoms with Crippen molar-refractivity contribution < 1.29 is 22.7 Å². The quantitative estimate of drug-likeness (QED) is 0.887. The zero-order chi connectivity index (χ0) is 16.4. The summed E-state index contributed by atoms with van der Waals surface area (Å²) in [7, 11) is -3.56. The summed E-state index contributed by atoms with van der Waals surface area (Å²) in [6.07, 6.45) is 1.68. The predicted octanol–water partition coefficient (Wildman–Crippen LogP) is 1.09. The molecular formula is C15H20N2O5S. The minimum absolute atomic E-state index is 0.00192. The molecule has 0 saturated carbocycles. The van der Waals surface area contributed by atoms with Crippen LogP contribution < -0.4 is 14.8 Å². The van der Waals surface area contributed by atoms with E-state index in [1.807, 2.05) is 0 Å². The van der Waals surface area contributed by atoms with Gasteiger partial charge in [-0.3, -0.25) is 4.79 Å². The normalized spacial score (nSPS) is 18.8. The molecule has 3 rings (SSSR count). The summed E-state index contributed by atoms with van der Waals surface area (Å²) >= 11 is 0. The van der Waals surface area contributed by atoms with Crippen LogP contribution in [0.5, 0.6) is 11.5 Å². The van der Waals surface area contributed by atoms with E-state index in [2.05, 4.69) is 5.32 Å². The maximum atomic E-state index is 12.7. The molecule has 8 heteroatoms. The van der Waals surface area contributed by atoms with Crippen molar-refractivity contribution >= 4 is 15.9 Å². The number of nitrogens with zero attached hydrogens (tertiary/aromatic N) is 1. The van der Waals surface area contributed by atoms with E-state index in [-0.39, 0.29) is 23.6 Å². The van der Waals surface area contributed by atoms with Crippen molar-refractivity contribution in [1.82, 2.24) is 9.62 Å². The Balaban J connectivity index is 1.68. The lowest BCUT2D eigenvalue weighted by atomic mass is 10.1. The third kappa shape index (κ3) is 3.28. The molecule has 1 saturated heterocycles. The Labute approximate surface area is 135 Å². The highest BCUT2D eigenvalue weighted by atomic mass is 32.2. The van der Waals surface area contributed by atoms with Gasteiger partial charge >= 0.3 is 0 Å². The lowest BCUT2D eigenvalue weighted by Gasteiger charge is -2.31. The number of nitrogens with one attached hydrogen (secondary N) is 1. The molecule has 0 radical (unpaired) electrons. The fraction of sp³-hybridized carbons (Fsp3) is 0.533. The third-order valence-electron chi connectivity index (χ3n) is 4.12. The first kappa shape index (κ1) is 16.1. The maximum Gasteiger partial charge on any atom is 0.243 e. The number of ether oxygens (including phenoxy) is 2. The molecule has 2 aliphatic rings. The summed E-state index contributed by atoms with van der Waals surface area (Å²) in [5, 5.41) is 2.92. The second-order valence-electron chi connectivity index (χ2n) is 5.61. The van der Waals surface area contributed by atoms with Crippen LogP contribution >= 0.6 is 0 Å². The molecule has 1 N–H and O–H groups in total. The van der Waals surface area contributed by atoms with E-state index in [0.29, 0.717) is 43.9 Å². The van der Waals surface area contributed by atoms with E-state index >= 15 is 0 Å². The van der Waals surface area contributed by atoms with E-state index in [9.17, 15) is 13.2 Å². The molecule has 0 unspecified atom stereocenters. The van der Waals surface area contributed by atoms with Gasteiger partial charge in [0.1, 0.15) is 0 Å². The molecular weight excluding hydrogens is 320 g/mol. The zero-order valence-electron chi connectivity index (χ0n) is 12.9. The van der Waals surface area contributed by atoms with E-state index in [4.69, 9.17) is 9.47 Å². The summed E-state index contributed by atoms with van der Waals surface area (Å²) in [4.78, 5) is 11.6. The standard InChI is InChI=1S/C15H20N2O5S/c1-2-15(18)16-11-5-7-17(8-6-11)23(19,20)12-3-4-13-14(9-12)22-10-21-13/h3-4,9,11H,2,5-8,10H2,1H3,(H,16,18). The number of hydrogen-bond donors (Lipinski definition) is 1. The molecule has 0 atom stereocenters.